The Balaban J connectivity index is 2.72. The monoisotopic (exact) mass is 293 g/mol. The average Bonchev–Trinajstić information content (AvgIpc) is 2.43. The van der Waals surface area contributed by atoms with E-state index < -0.39 is 5.97 Å². The highest BCUT2D eigenvalue weighted by molar-refractivity contribution is 5.83. The van der Waals surface area contributed by atoms with E-state index in [1.165, 1.54) is 12.0 Å². The molecule has 0 N–H and O–H groups in total. The van der Waals surface area contributed by atoms with E-state index in [0.29, 0.717) is 5.75 Å². The number of para-hydroxylation sites is 1. The molecule has 0 aliphatic heterocycles. The average molecular weight is 293 g/mol. The summed E-state index contributed by atoms with van der Waals surface area (Å²) >= 11 is 0. The predicted molar refractivity (Wildman–Crippen MR) is 80.3 cm³/mol. The van der Waals surface area contributed by atoms with Crippen molar-refractivity contribution in [1.29, 1.82) is 0 Å². The van der Waals surface area contributed by atoms with E-state index in [1.807, 2.05) is 45.9 Å². The minimum absolute atomic E-state index is 0.0664. The number of carbonyl (C=O) groups is 2. The Morgan fingerprint density at radius 2 is 1.76 bits per heavy atom. The van der Waals surface area contributed by atoms with Gasteiger partial charge in [0.1, 0.15) is 12.3 Å². The molecule has 0 unspecified atom stereocenters. The van der Waals surface area contributed by atoms with Crippen molar-refractivity contribution in [3.05, 3.63) is 29.3 Å². The summed E-state index contributed by atoms with van der Waals surface area (Å²) in [5.74, 6) is 0.0369. The summed E-state index contributed by atoms with van der Waals surface area (Å²) in [7, 11) is 1.30. The van der Waals surface area contributed by atoms with Gasteiger partial charge in [-0.15, -0.1) is 0 Å². The number of esters is 1. The summed E-state index contributed by atoms with van der Waals surface area (Å²) in [6.45, 7) is 7.40. The molecule has 0 aliphatic carbocycles. The van der Waals surface area contributed by atoms with Crippen LogP contribution >= 0.6 is 0 Å². The number of hydrogen-bond donors (Lipinski definition) is 0. The van der Waals surface area contributed by atoms with Crippen LogP contribution in [0.4, 0.5) is 0 Å². The zero-order valence-corrected chi connectivity index (χ0v) is 13.3. The van der Waals surface area contributed by atoms with Crippen molar-refractivity contribution in [3.63, 3.8) is 0 Å². The highest BCUT2D eigenvalue weighted by Gasteiger charge is 2.21. The summed E-state index contributed by atoms with van der Waals surface area (Å²) in [6.07, 6.45) is 0. The number of carbonyl (C=O) groups excluding carboxylic acids is 2. The van der Waals surface area contributed by atoms with E-state index in [9.17, 15) is 9.59 Å². The Kier molecular flexibility index (Phi) is 6.21. The molecule has 5 nitrogen and oxygen atoms in total. The first kappa shape index (κ1) is 17.0. The van der Waals surface area contributed by atoms with E-state index in [0.717, 1.165) is 11.1 Å². The second-order valence-corrected chi connectivity index (χ2v) is 5.20. The summed E-state index contributed by atoms with van der Waals surface area (Å²) < 4.78 is 10.2. The zero-order chi connectivity index (χ0) is 16.0. The third-order valence-corrected chi connectivity index (χ3v) is 3.22. The molecule has 1 aromatic rings. The fourth-order valence-corrected chi connectivity index (χ4v) is 2.01. The first-order valence-electron chi connectivity index (χ1n) is 6.92. The Labute approximate surface area is 125 Å². The van der Waals surface area contributed by atoms with Crippen LogP contribution in [0.2, 0.25) is 0 Å². The number of methoxy groups -OCH3 is 1. The van der Waals surface area contributed by atoms with Crippen LogP contribution in [-0.4, -0.2) is 43.1 Å². The number of nitrogens with zero attached hydrogens (tertiary/aromatic N) is 1. The van der Waals surface area contributed by atoms with Crippen LogP contribution in [0.1, 0.15) is 25.0 Å². The van der Waals surface area contributed by atoms with E-state index in [4.69, 9.17) is 4.74 Å². The Bertz CT molecular complexity index is 491. The molecular weight excluding hydrogens is 270 g/mol. The SMILES string of the molecule is COC(=O)CN(C(=O)COc1c(C)cccc1C)C(C)C. The van der Waals surface area contributed by atoms with Gasteiger partial charge in [0.25, 0.3) is 5.91 Å². The molecule has 1 amide bonds. The number of hydrogen-bond acceptors (Lipinski definition) is 4. The van der Waals surface area contributed by atoms with Crippen molar-refractivity contribution in [2.45, 2.75) is 33.7 Å². The van der Waals surface area contributed by atoms with Crippen LogP contribution in [0.5, 0.6) is 5.75 Å². The largest absolute Gasteiger partial charge is 0.483 e. The normalized spacial score (nSPS) is 10.4. The van der Waals surface area contributed by atoms with Crippen molar-refractivity contribution in [3.8, 4) is 5.75 Å². The van der Waals surface area contributed by atoms with E-state index in [1.54, 1.807) is 0 Å². The van der Waals surface area contributed by atoms with Gasteiger partial charge in [0.2, 0.25) is 0 Å². The summed E-state index contributed by atoms with van der Waals surface area (Å²) in [4.78, 5) is 25.0. The van der Waals surface area contributed by atoms with Crippen LogP contribution in [0, 0.1) is 13.8 Å². The third-order valence-electron chi connectivity index (χ3n) is 3.22. The molecule has 0 fully saturated rings. The molecule has 0 heterocycles. The van der Waals surface area contributed by atoms with Crippen molar-refractivity contribution >= 4 is 11.9 Å². The number of rotatable bonds is 6. The fraction of sp³-hybridized carbons (Fsp3) is 0.500. The number of amides is 1. The highest BCUT2D eigenvalue weighted by Crippen LogP contribution is 2.22. The van der Waals surface area contributed by atoms with E-state index in [2.05, 4.69) is 4.74 Å². The number of benzene rings is 1. The van der Waals surface area contributed by atoms with Gasteiger partial charge in [-0.25, -0.2) is 0 Å². The van der Waals surface area contributed by atoms with Gasteiger partial charge in [0.15, 0.2) is 6.61 Å². The van der Waals surface area contributed by atoms with Crippen LogP contribution in [-0.2, 0) is 14.3 Å². The molecule has 21 heavy (non-hydrogen) atoms. The van der Waals surface area contributed by atoms with Crippen LogP contribution in [0.15, 0.2) is 18.2 Å². The topological polar surface area (TPSA) is 55.8 Å². The maximum absolute atomic E-state index is 12.2. The van der Waals surface area contributed by atoms with E-state index >= 15 is 0 Å². The second-order valence-electron chi connectivity index (χ2n) is 5.20. The summed E-state index contributed by atoms with van der Waals surface area (Å²) in [5.41, 5.74) is 1.96. The lowest BCUT2D eigenvalue weighted by Crippen LogP contribution is -2.43. The highest BCUT2D eigenvalue weighted by atomic mass is 16.5. The molecule has 0 spiro atoms. The quantitative estimate of drug-likeness (QED) is 0.754. The van der Waals surface area contributed by atoms with Gasteiger partial charge in [-0.3, -0.25) is 9.59 Å². The lowest BCUT2D eigenvalue weighted by Gasteiger charge is -2.25. The standard InChI is InChI=1S/C16H23NO4/c1-11(2)17(9-15(19)20-5)14(18)10-21-16-12(3)7-6-8-13(16)4/h6-8,11H,9-10H2,1-5H3. The van der Waals surface area contributed by atoms with Crippen LogP contribution in [0.25, 0.3) is 0 Å². The molecule has 0 aromatic heterocycles. The molecule has 116 valence electrons. The third kappa shape index (κ3) is 4.77. The molecule has 0 aliphatic rings. The molecule has 0 saturated heterocycles. The lowest BCUT2D eigenvalue weighted by atomic mass is 10.1. The van der Waals surface area contributed by atoms with Crippen LogP contribution < -0.4 is 4.74 Å². The summed E-state index contributed by atoms with van der Waals surface area (Å²) in [6, 6.07) is 5.71. The van der Waals surface area contributed by atoms with Crippen molar-refractivity contribution in [1.82, 2.24) is 4.90 Å². The Morgan fingerprint density at radius 3 is 2.24 bits per heavy atom. The Hall–Kier alpha value is -2.04. The second kappa shape index (κ2) is 7.67. The molecule has 0 atom stereocenters. The first-order chi connectivity index (χ1) is 9.86. The minimum atomic E-state index is -0.441. The van der Waals surface area contributed by atoms with Gasteiger partial charge in [-0.2, -0.15) is 0 Å². The lowest BCUT2D eigenvalue weighted by molar-refractivity contribution is -0.149. The van der Waals surface area contributed by atoms with Crippen molar-refractivity contribution in [2.75, 3.05) is 20.3 Å². The molecule has 0 bridgehead atoms. The minimum Gasteiger partial charge on any atom is -0.483 e. The smallest absolute Gasteiger partial charge is 0.325 e. The van der Waals surface area contributed by atoms with Gasteiger partial charge in [-0.1, -0.05) is 18.2 Å². The van der Waals surface area contributed by atoms with Crippen LogP contribution in [0.3, 0.4) is 0 Å². The van der Waals surface area contributed by atoms with E-state index in [-0.39, 0.29) is 25.1 Å². The maximum atomic E-state index is 12.2. The molecule has 1 aromatic carbocycles. The summed E-state index contributed by atoms with van der Waals surface area (Å²) in [5, 5.41) is 0. The maximum Gasteiger partial charge on any atom is 0.325 e. The van der Waals surface area contributed by atoms with Gasteiger partial charge < -0.3 is 14.4 Å². The van der Waals surface area contributed by atoms with Gasteiger partial charge in [0.05, 0.1) is 7.11 Å². The predicted octanol–water partition coefficient (Wildman–Crippen LogP) is 2.09. The van der Waals surface area contributed by atoms with Crippen molar-refractivity contribution < 1.29 is 19.1 Å². The molecule has 0 saturated carbocycles. The van der Waals surface area contributed by atoms with Crippen molar-refractivity contribution in [2.24, 2.45) is 0 Å². The fourth-order valence-electron chi connectivity index (χ4n) is 2.01. The molecule has 0 radical (unpaired) electrons. The van der Waals surface area contributed by atoms with Gasteiger partial charge in [0, 0.05) is 6.04 Å². The van der Waals surface area contributed by atoms with Gasteiger partial charge in [-0.05, 0) is 38.8 Å². The zero-order valence-electron chi connectivity index (χ0n) is 13.3. The Morgan fingerprint density at radius 1 is 1.19 bits per heavy atom. The molecular formula is C16H23NO4. The molecule has 5 heteroatoms. The number of aryl methyl sites for hydroxylation is 2. The molecule has 1 rings (SSSR count). The first-order valence-corrected chi connectivity index (χ1v) is 6.92. The van der Waals surface area contributed by atoms with Gasteiger partial charge >= 0.3 is 5.97 Å². The number of ether oxygens (including phenoxy) is 2.